The molecule has 1 heterocycles. The zero-order valence-corrected chi connectivity index (χ0v) is 12.7. The molecule has 20 heavy (non-hydrogen) atoms. The van der Waals surface area contributed by atoms with E-state index in [-0.39, 0.29) is 5.92 Å². The molecule has 0 unspecified atom stereocenters. The van der Waals surface area contributed by atoms with E-state index in [1.54, 1.807) is 18.2 Å². The highest BCUT2D eigenvalue weighted by molar-refractivity contribution is 5.70. The van der Waals surface area contributed by atoms with Crippen LogP contribution in [-0.2, 0) is 9.53 Å². The molecule has 0 spiro atoms. The summed E-state index contributed by atoms with van der Waals surface area (Å²) in [6.07, 6.45) is 6.54. The van der Waals surface area contributed by atoms with Gasteiger partial charge in [0.05, 0.1) is 5.92 Å². The van der Waals surface area contributed by atoms with Crippen LogP contribution in [0.1, 0.15) is 26.7 Å². The van der Waals surface area contributed by atoms with Crippen molar-refractivity contribution in [1.82, 2.24) is 4.90 Å². The highest BCUT2D eigenvalue weighted by Gasteiger charge is 2.23. The molecular weight excluding hydrogens is 254 g/mol. The molecule has 1 aliphatic heterocycles. The number of ether oxygens (including phenoxy) is 1. The fraction of sp³-hybridized carbons (Fsp3) is 0.562. The Labute approximate surface area is 122 Å². The lowest BCUT2D eigenvalue weighted by molar-refractivity contribution is -0.143. The fourth-order valence-electron chi connectivity index (χ4n) is 1.99. The van der Waals surface area contributed by atoms with Gasteiger partial charge in [0.15, 0.2) is 0 Å². The molecule has 0 aromatic rings. The molecule has 0 radical (unpaired) electrons. The molecule has 0 amide bonds. The summed E-state index contributed by atoms with van der Waals surface area (Å²) in [4.78, 5) is 13.0. The number of hydrogen-bond donors (Lipinski definition) is 1. The molecule has 0 aliphatic carbocycles. The van der Waals surface area contributed by atoms with Gasteiger partial charge in [-0.15, -0.1) is 0 Å². The lowest BCUT2D eigenvalue weighted by atomic mass is 9.97. The zero-order valence-electron chi connectivity index (χ0n) is 12.7. The van der Waals surface area contributed by atoms with Gasteiger partial charge in [-0.25, -0.2) is 0 Å². The van der Waals surface area contributed by atoms with Gasteiger partial charge < -0.3 is 9.84 Å². The number of carbonyl (C=O) groups is 1. The second-order valence-electron chi connectivity index (χ2n) is 4.31. The fourth-order valence-corrected chi connectivity index (χ4v) is 1.99. The first-order chi connectivity index (χ1) is 9.67. The Hall–Kier alpha value is -1.55. The van der Waals surface area contributed by atoms with E-state index in [2.05, 4.69) is 18.1 Å². The maximum absolute atomic E-state index is 10.8. The highest BCUT2D eigenvalue weighted by atomic mass is 16.5. The maximum Gasteiger partial charge on any atom is 0.306 e. The minimum atomic E-state index is -0.672. The van der Waals surface area contributed by atoms with E-state index in [1.165, 1.54) is 0 Å². The number of aliphatic carboxylic acids is 1. The van der Waals surface area contributed by atoms with Gasteiger partial charge in [0.2, 0.25) is 0 Å². The minimum absolute atomic E-state index is 0.174. The average molecular weight is 281 g/mol. The topological polar surface area (TPSA) is 49.8 Å². The van der Waals surface area contributed by atoms with Gasteiger partial charge in [-0.2, -0.15) is 0 Å². The molecule has 4 nitrogen and oxygen atoms in total. The van der Waals surface area contributed by atoms with Crippen molar-refractivity contribution in [2.75, 3.05) is 26.2 Å². The molecule has 1 aliphatic rings. The molecule has 0 atom stereocenters. The molecular formula is C16H27NO3. The van der Waals surface area contributed by atoms with Crippen LogP contribution in [0.15, 0.2) is 37.1 Å². The maximum atomic E-state index is 10.8. The number of carboxylic acids is 1. The number of likely N-dealkylation sites (tertiary alicyclic amines) is 1. The summed E-state index contributed by atoms with van der Waals surface area (Å²) in [7, 11) is 0. The molecule has 1 N–H and O–H groups in total. The number of piperidine rings is 1. The number of allylic oxidation sites excluding steroid dienone is 3. The lowest BCUT2D eigenvalue weighted by Crippen LogP contribution is -2.38. The van der Waals surface area contributed by atoms with E-state index in [1.807, 2.05) is 13.8 Å². The third kappa shape index (κ3) is 7.14. The first kappa shape index (κ1) is 18.4. The van der Waals surface area contributed by atoms with Crippen LogP contribution in [0, 0.1) is 5.92 Å². The second kappa shape index (κ2) is 11.3. The Bertz CT molecular complexity index is 329. The number of rotatable bonds is 7. The van der Waals surface area contributed by atoms with Gasteiger partial charge in [-0.3, -0.25) is 9.69 Å². The van der Waals surface area contributed by atoms with Gasteiger partial charge >= 0.3 is 5.97 Å². The molecule has 1 rings (SSSR count). The smallest absolute Gasteiger partial charge is 0.306 e. The summed E-state index contributed by atoms with van der Waals surface area (Å²) >= 11 is 0. The van der Waals surface area contributed by atoms with E-state index in [4.69, 9.17) is 9.84 Å². The summed E-state index contributed by atoms with van der Waals surface area (Å²) in [5, 5.41) is 8.89. The monoisotopic (exact) mass is 281 g/mol. The summed E-state index contributed by atoms with van der Waals surface area (Å²) in [5.41, 5.74) is 0. The third-order valence-corrected chi connectivity index (χ3v) is 3.10. The van der Waals surface area contributed by atoms with Crippen molar-refractivity contribution in [1.29, 1.82) is 0 Å². The average Bonchev–Trinajstić information content (AvgIpc) is 2.49. The number of carboxylic acid groups (broad SMARTS) is 1. The lowest BCUT2D eigenvalue weighted by Gasteiger charge is -2.29. The zero-order chi connectivity index (χ0) is 15.4. The van der Waals surface area contributed by atoms with Gasteiger partial charge in [0.1, 0.15) is 12.4 Å². The van der Waals surface area contributed by atoms with Crippen molar-refractivity contribution in [3.8, 4) is 0 Å². The summed E-state index contributed by atoms with van der Waals surface area (Å²) in [5.74, 6) is -0.134. The summed E-state index contributed by atoms with van der Waals surface area (Å²) < 4.78 is 5.52. The Morgan fingerprint density at radius 2 is 1.95 bits per heavy atom. The molecule has 0 bridgehead atoms. The molecule has 4 heteroatoms. The number of hydrogen-bond acceptors (Lipinski definition) is 3. The van der Waals surface area contributed by atoms with Crippen molar-refractivity contribution in [2.45, 2.75) is 26.7 Å². The van der Waals surface area contributed by atoms with Crippen LogP contribution in [0.4, 0.5) is 0 Å². The predicted molar refractivity (Wildman–Crippen MR) is 82.6 cm³/mol. The van der Waals surface area contributed by atoms with Gasteiger partial charge in [-0.05, 0) is 38.1 Å². The normalized spacial score (nSPS) is 16.8. The first-order valence-electron chi connectivity index (χ1n) is 7.20. The van der Waals surface area contributed by atoms with Crippen molar-refractivity contribution >= 4 is 5.97 Å². The van der Waals surface area contributed by atoms with Crippen LogP contribution >= 0.6 is 0 Å². The van der Waals surface area contributed by atoms with Crippen molar-refractivity contribution in [2.24, 2.45) is 5.92 Å². The van der Waals surface area contributed by atoms with Crippen molar-refractivity contribution in [3.05, 3.63) is 37.1 Å². The van der Waals surface area contributed by atoms with Crippen molar-refractivity contribution in [3.63, 3.8) is 0 Å². The first-order valence-corrected chi connectivity index (χ1v) is 7.20. The van der Waals surface area contributed by atoms with Crippen LogP contribution in [0.25, 0.3) is 0 Å². The summed E-state index contributed by atoms with van der Waals surface area (Å²) in [6, 6.07) is 0. The van der Waals surface area contributed by atoms with E-state index >= 15 is 0 Å². The molecule has 1 saturated heterocycles. The minimum Gasteiger partial charge on any atom is -0.492 e. The quantitative estimate of drug-likeness (QED) is 0.575. The van der Waals surface area contributed by atoms with Gasteiger partial charge in [-0.1, -0.05) is 33.1 Å². The largest absolute Gasteiger partial charge is 0.492 e. The molecule has 1 fully saturated rings. The van der Waals surface area contributed by atoms with E-state index in [0.29, 0.717) is 12.4 Å². The third-order valence-electron chi connectivity index (χ3n) is 3.10. The van der Waals surface area contributed by atoms with Gasteiger partial charge in [0.25, 0.3) is 0 Å². The Kier molecular flexibility index (Phi) is 10.4. The predicted octanol–water partition coefficient (Wildman–Crippen LogP) is 3.08. The van der Waals surface area contributed by atoms with Crippen LogP contribution in [-0.4, -0.2) is 42.2 Å². The van der Waals surface area contributed by atoms with E-state index in [0.717, 1.165) is 32.5 Å². The Morgan fingerprint density at radius 1 is 1.35 bits per heavy atom. The van der Waals surface area contributed by atoms with Crippen LogP contribution in [0.2, 0.25) is 0 Å². The number of nitrogens with zero attached hydrogens (tertiary/aromatic N) is 1. The molecule has 0 saturated carbocycles. The van der Waals surface area contributed by atoms with Crippen LogP contribution in [0.5, 0.6) is 0 Å². The Balaban J connectivity index is 0.00000172. The molecule has 0 aromatic heterocycles. The van der Waals surface area contributed by atoms with E-state index < -0.39 is 5.97 Å². The SMILES string of the molecule is C=C/C=C(\C=C)OCCN1CCC(C(=O)O)CC1.CC. The van der Waals surface area contributed by atoms with E-state index in [9.17, 15) is 4.79 Å². The standard InChI is InChI=1S/C14H21NO3.C2H6/c1-3-5-13(4-2)18-11-10-15-8-6-12(7-9-15)14(16)17;1-2/h3-5,12H,1-2,6-11H2,(H,16,17);1-2H3/b13-5+;. The molecule has 0 aromatic carbocycles. The Morgan fingerprint density at radius 3 is 2.40 bits per heavy atom. The van der Waals surface area contributed by atoms with Crippen LogP contribution in [0.3, 0.4) is 0 Å². The van der Waals surface area contributed by atoms with Gasteiger partial charge in [0, 0.05) is 6.54 Å². The van der Waals surface area contributed by atoms with Crippen molar-refractivity contribution < 1.29 is 14.6 Å². The second-order valence-corrected chi connectivity index (χ2v) is 4.31. The summed E-state index contributed by atoms with van der Waals surface area (Å²) in [6.45, 7) is 14.3. The van der Waals surface area contributed by atoms with Crippen LogP contribution < -0.4 is 0 Å². The highest BCUT2D eigenvalue weighted by Crippen LogP contribution is 2.16. The molecule has 114 valence electrons.